The zero-order valence-corrected chi connectivity index (χ0v) is 11.2. The lowest BCUT2D eigenvalue weighted by Gasteiger charge is -2.09. The Morgan fingerprint density at radius 2 is 1.65 bits per heavy atom. The molecule has 4 rings (SSSR count). The van der Waals surface area contributed by atoms with Gasteiger partial charge in [0, 0.05) is 21.5 Å². The molecule has 3 aromatic carbocycles. The molecule has 0 fully saturated rings. The number of anilines is 1. The van der Waals surface area contributed by atoms with E-state index in [0.29, 0.717) is 5.02 Å². The van der Waals surface area contributed by atoms with Crippen molar-refractivity contribution in [2.45, 2.75) is 0 Å². The van der Waals surface area contributed by atoms with E-state index in [9.17, 15) is 4.79 Å². The normalized spacial score (nSPS) is 12.8. The Kier molecular flexibility index (Phi) is 2.35. The predicted molar refractivity (Wildman–Crippen MR) is 82.3 cm³/mol. The number of nitrogens with one attached hydrogen (secondary N) is 1. The van der Waals surface area contributed by atoms with Crippen LogP contribution in [0.15, 0.2) is 54.6 Å². The van der Waals surface area contributed by atoms with Gasteiger partial charge < -0.3 is 5.32 Å². The van der Waals surface area contributed by atoms with E-state index in [0.717, 1.165) is 33.2 Å². The fraction of sp³-hybridized carbons (Fsp3) is 0. The zero-order chi connectivity index (χ0) is 13.7. The maximum absolute atomic E-state index is 12.1. The minimum Gasteiger partial charge on any atom is -0.321 e. The van der Waals surface area contributed by atoms with Gasteiger partial charge in [-0.3, -0.25) is 4.79 Å². The molecule has 1 N–H and O–H groups in total. The van der Waals surface area contributed by atoms with Crippen LogP contribution in [-0.4, -0.2) is 5.91 Å². The van der Waals surface area contributed by atoms with E-state index in [1.807, 2.05) is 54.6 Å². The fourth-order valence-corrected chi connectivity index (χ4v) is 2.88. The van der Waals surface area contributed by atoms with Crippen LogP contribution in [0.4, 0.5) is 5.69 Å². The van der Waals surface area contributed by atoms with Crippen LogP contribution in [0.3, 0.4) is 0 Å². The maximum Gasteiger partial charge on any atom is 0.256 e. The average molecular weight is 280 g/mol. The highest BCUT2D eigenvalue weighted by Gasteiger charge is 2.23. The summed E-state index contributed by atoms with van der Waals surface area (Å²) in [5.41, 5.74) is 3.70. The summed E-state index contributed by atoms with van der Waals surface area (Å²) in [6.07, 6.45) is 0. The van der Waals surface area contributed by atoms with Crippen molar-refractivity contribution in [3.05, 3.63) is 65.2 Å². The standard InChI is InChI=1S/C17H10ClNO/c18-12-7-4-10(5-8-12)13-9-6-11-2-1-3-14-15(11)16(13)19-17(14)20/h1-9H,(H,19,20). The molecule has 0 atom stereocenters. The number of carbonyl (C=O) groups is 1. The topological polar surface area (TPSA) is 29.1 Å². The molecule has 1 aliphatic heterocycles. The zero-order valence-electron chi connectivity index (χ0n) is 10.5. The first kappa shape index (κ1) is 11.5. The molecule has 0 unspecified atom stereocenters. The Morgan fingerprint density at radius 1 is 0.850 bits per heavy atom. The summed E-state index contributed by atoms with van der Waals surface area (Å²) in [7, 11) is 0. The summed E-state index contributed by atoms with van der Waals surface area (Å²) in [6, 6.07) is 17.5. The summed E-state index contributed by atoms with van der Waals surface area (Å²) in [6.45, 7) is 0. The van der Waals surface area contributed by atoms with E-state index in [-0.39, 0.29) is 5.91 Å². The minimum absolute atomic E-state index is 0.0352. The molecule has 0 radical (unpaired) electrons. The second kappa shape index (κ2) is 4.09. The Bertz CT molecular complexity index is 853. The van der Waals surface area contributed by atoms with Crippen molar-refractivity contribution in [2.24, 2.45) is 0 Å². The first-order valence-electron chi connectivity index (χ1n) is 6.37. The van der Waals surface area contributed by atoms with Gasteiger partial charge in [0.2, 0.25) is 0 Å². The van der Waals surface area contributed by atoms with Gasteiger partial charge >= 0.3 is 0 Å². The third-order valence-electron chi connectivity index (χ3n) is 3.68. The lowest BCUT2D eigenvalue weighted by Crippen LogP contribution is -2.04. The first-order chi connectivity index (χ1) is 9.74. The van der Waals surface area contributed by atoms with Crippen LogP contribution in [0.5, 0.6) is 0 Å². The van der Waals surface area contributed by atoms with Crippen LogP contribution < -0.4 is 5.32 Å². The molecule has 0 spiro atoms. The summed E-state index contributed by atoms with van der Waals surface area (Å²) >= 11 is 5.93. The number of halogens is 1. The van der Waals surface area contributed by atoms with Crippen LogP contribution in [0, 0.1) is 0 Å². The van der Waals surface area contributed by atoms with Crippen LogP contribution in [0.2, 0.25) is 5.02 Å². The molecule has 20 heavy (non-hydrogen) atoms. The quantitative estimate of drug-likeness (QED) is 0.686. The van der Waals surface area contributed by atoms with Crippen molar-refractivity contribution in [1.29, 1.82) is 0 Å². The Morgan fingerprint density at radius 3 is 2.45 bits per heavy atom. The molecule has 3 aromatic rings. The van der Waals surface area contributed by atoms with E-state index < -0.39 is 0 Å². The lowest BCUT2D eigenvalue weighted by molar-refractivity contribution is 0.103. The molecule has 2 nitrogen and oxygen atoms in total. The van der Waals surface area contributed by atoms with E-state index in [1.54, 1.807) is 0 Å². The van der Waals surface area contributed by atoms with E-state index >= 15 is 0 Å². The van der Waals surface area contributed by atoms with Gasteiger partial charge in [-0.05, 0) is 29.1 Å². The van der Waals surface area contributed by atoms with Gasteiger partial charge in [0.25, 0.3) is 5.91 Å². The second-order valence-electron chi connectivity index (χ2n) is 4.85. The molecule has 0 aromatic heterocycles. The number of hydrogen-bond donors (Lipinski definition) is 1. The molecular formula is C17H10ClNO. The molecule has 0 aliphatic carbocycles. The van der Waals surface area contributed by atoms with Crippen LogP contribution >= 0.6 is 11.6 Å². The third-order valence-corrected chi connectivity index (χ3v) is 3.94. The van der Waals surface area contributed by atoms with E-state index in [2.05, 4.69) is 5.32 Å². The molecule has 3 heteroatoms. The summed E-state index contributed by atoms with van der Waals surface area (Å²) in [5, 5.41) is 5.77. The number of hydrogen-bond acceptors (Lipinski definition) is 1. The van der Waals surface area contributed by atoms with E-state index in [1.165, 1.54) is 0 Å². The highest BCUT2D eigenvalue weighted by molar-refractivity contribution is 6.30. The Hall–Kier alpha value is -2.32. The van der Waals surface area contributed by atoms with Gasteiger partial charge in [-0.2, -0.15) is 0 Å². The average Bonchev–Trinajstić information content (AvgIpc) is 2.80. The van der Waals surface area contributed by atoms with Gasteiger partial charge in [-0.25, -0.2) is 0 Å². The molecule has 96 valence electrons. The van der Waals surface area contributed by atoms with Gasteiger partial charge in [0.1, 0.15) is 0 Å². The summed E-state index contributed by atoms with van der Waals surface area (Å²) in [4.78, 5) is 12.1. The highest BCUT2D eigenvalue weighted by atomic mass is 35.5. The predicted octanol–water partition coefficient (Wildman–Crippen LogP) is 4.73. The minimum atomic E-state index is -0.0352. The van der Waals surface area contributed by atoms with E-state index in [4.69, 9.17) is 11.6 Å². The molecule has 0 saturated heterocycles. The first-order valence-corrected chi connectivity index (χ1v) is 6.75. The van der Waals surface area contributed by atoms with Crippen LogP contribution in [0.1, 0.15) is 10.4 Å². The monoisotopic (exact) mass is 279 g/mol. The van der Waals surface area contributed by atoms with Crippen molar-refractivity contribution >= 4 is 34.0 Å². The Labute approximate surface area is 121 Å². The van der Waals surface area contributed by atoms with Gasteiger partial charge in [0.15, 0.2) is 0 Å². The number of amides is 1. The van der Waals surface area contributed by atoms with Crippen molar-refractivity contribution in [2.75, 3.05) is 5.32 Å². The summed E-state index contributed by atoms with van der Waals surface area (Å²) < 4.78 is 0. The number of carbonyl (C=O) groups excluding carboxylic acids is 1. The van der Waals surface area contributed by atoms with Gasteiger partial charge in [-0.1, -0.05) is 48.0 Å². The number of rotatable bonds is 1. The second-order valence-corrected chi connectivity index (χ2v) is 5.29. The van der Waals surface area contributed by atoms with Crippen molar-refractivity contribution in [1.82, 2.24) is 0 Å². The molecule has 0 bridgehead atoms. The molecule has 1 amide bonds. The molecule has 1 aliphatic rings. The summed E-state index contributed by atoms with van der Waals surface area (Å²) in [5.74, 6) is -0.0352. The lowest BCUT2D eigenvalue weighted by atomic mass is 9.98. The van der Waals surface area contributed by atoms with Gasteiger partial charge in [-0.15, -0.1) is 0 Å². The van der Waals surface area contributed by atoms with Crippen molar-refractivity contribution in [3.8, 4) is 11.1 Å². The third kappa shape index (κ3) is 1.55. The van der Waals surface area contributed by atoms with Crippen molar-refractivity contribution in [3.63, 3.8) is 0 Å². The fourth-order valence-electron chi connectivity index (χ4n) is 2.75. The maximum atomic E-state index is 12.1. The smallest absolute Gasteiger partial charge is 0.256 e. The SMILES string of the molecule is O=C1Nc2c(-c3ccc(Cl)cc3)ccc3cccc1c23. The van der Waals surface area contributed by atoms with Crippen LogP contribution in [0.25, 0.3) is 21.9 Å². The molecule has 1 heterocycles. The van der Waals surface area contributed by atoms with Gasteiger partial charge in [0.05, 0.1) is 5.69 Å². The van der Waals surface area contributed by atoms with Crippen LogP contribution in [-0.2, 0) is 0 Å². The largest absolute Gasteiger partial charge is 0.321 e. The highest BCUT2D eigenvalue weighted by Crippen LogP contribution is 2.40. The molecular weight excluding hydrogens is 270 g/mol. The Balaban J connectivity index is 2.04. The molecule has 0 saturated carbocycles. The number of benzene rings is 3. The van der Waals surface area contributed by atoms with Crippen molar-refractivity contribution < 1.29 is 4.79 Å².